The van der Waals surface area contributed by atoms with Crippen molar-refractivity contribution in [2.75, 3.05) is 18.3 Å². The van der Waals surface area contributed by atoms with Crippen LogP contribution in [0, 0.1) is 6.92 Å². The van der Waals surface area contributed by atoms with Crippen LogP contribution < -0.4 is 4.72 Å². The predicted molar refractivity (Wildman–Crippen MR) is 116 cm³/mol. The standard InChI is InChI=1S/C23H24N2O3S/c1-18-12-14-20(15-13-18)29(27,28)24-22-11-7-6-10-21(22)23(26)25(2)17-16-19-8-4-3-5-9-19/h3-15,24H,16-17H2,1-2H3. The van der Waals surface area contributed by atoms with Crippen molar-refractivity contribution in [3.05, 3.63) is 95.6 Å². The molecule has 0 fully saturated rings. The van der Waals surface area contributed by atoms with Crippen molar-refractivity contribution in [1.29, 1.82) is 0 Å². The molecule has 0 atom stereocenters. The molecule has 0 unspecified atom stereocenters. The zero-order valence-corrected chi connectivity index (χ0v) is 17.3. The Bertz CT molecular complexity index is 1080. The summed E-state index contributed by atoms with van der Waals surface area (Å²) in [4.78, 5) is 14.7. The lowest BCUT2D eigenvalue weighted by Crippen LogP contribution is -2.30. The first-order valence-corrected chi connectivity index (χ1v) is 10.8. The molecular weight excluding hydrogens is 384 g/mol. The molecule has 0 aliphatic rings. The third kappa shape index (κ3) is 5.23. The van der Waals surface area contributed by atoms with Gasteiger partial charge in [0.05, 0.1) is 16.1 Å². The quantitative estimate of drug-likeness (QED) is 0.640. The van der Waals surface area contributed by atoms with E-state index in [-0.39, 0.29) is 16.5 Å². The maximum absolute atomic E-state index is 12.9. The van der Waals surface area contributed by atoms with Gasteiger partial charge in [0.2, 0.25) is 0 Å². The number of para-hydroxylation sites is 1. The first-order valence-electron chi connectivity index (χ1n) is 9.35. The van der Waals surface area contributed by atoms with E-state index in [2.05, 4.69) is 4.72 Å². The summed E-state index contributed by atoms with van der Waals surface area (Å²) in [6, 6.07) is 23.2. The number of carbonyl (C=O) groups excluding carboxylic acids is 1. The van der Waals surface area contributed by atoms with Crippen LogP contribution in [0.3, 0.4) is 0 Å². The summed E-state index contributed by atoms with van der Waals surface area (Å²) >= 11 is 0. The van der Waals surface area contributed by atoms with Gasteiger partial charge in [-0.25, -0.2) is 8.42 Å². The van der Waals surface area contributed by atoms with E-state index in [0.29, 0.717) is 12.1 Å². The molecule has 3 rings (SSSR count). The molecule has 1 amide bonds. The van der Waals surface area contributed by atoms with Crippen LogP contribution in [0.5, 0.6) is 0 Å². The van der Waals surface area contributed by atoms with Gasteiger partial charge in [0, 0.05) is 13.6 Å². The number of rotatable bonds is 7. The van der Waals surface area contributed by atoms with Crippen molar-refractivity contribution in [2.24, 2.45) is 0 Å². The number of nitrogens with one attached hydrogen (secondary N) is 1. The van der Waals surface area contributed by atoms with Crippen molar-refractivity contribution in [3.63, 3.8) is 0 Å². The SMILES string of the molecule is Cc1ccc(S(=O)(=O)Nc2ccccc2C(=O)N(C)CCc2ccccc2)cc1. The predicted octanol–water partition coefficient (Wildman–Crippen LogP) is 4.11. The fraction of sp³-hybridized carbons (Fsp3) is 0.174. The van der Waals surface area contributed by atoms with E-state index < -0.39 is 10.0 Å². The number of hydrogen-bond donors (Lipinski definition) is 1. The minimum absolute atomic E-state index is 0.155. The van der Waals surface area contributed by atoms with Crippen LogP contribution >= 0.6 is 0 Å². The van der Waals surface area contributed by atoms with Gasteiger partial charge in [0.15, 0.2) is 0 Å². The third-order valence-electron chi connectivity index (χ3n) is 4.66. The van der Waals surface area contributed by atoms with E-state index in [4.69, 9.17) is 0 Å². The molecule has 5 nitrogen and oxygen atoms in total. The van der Waals surface area contributed by atoms with Crippen molar-refractivity contribution in [3.8, 4) is 0 Å². The Morgan fingerprint density at radius 2 is 1.52 bits per heavy atom. The number of carbonyl (C=O) groups is 1. The molecule has 0 aliphatic heterocycles. The van der Waals surface area contributed by atoms with Crippen LogP contribution in [-0.4, -0.2) is 32.8 Å². The van der Waals surface area contributed by atoms with Crippen LogP contribution in [0.25, 0.3) is 0 Å². The van der Waals surface area contributed by atoms with E-state index >= 15 is 0 Å². The third-order valence-corrected chi connectivity index (χ3v) is 6.04. The lowest BCUT2D eigenvalue weighted by atomic mass is 10.1. The normalized spacial score (nSPS) is 11.1. The molecule has 0 aromatic heterocycles. The number of sulfonamides is 1. The lowest BCUT2D eigenvalue weighted by Gasteiger charge is -2.19. The van der Waals surface area contributed by atoms with Crippen molar-refractivity contribution < 1.29 is 13.2 Å². The Hall–Kier alpha value is -3.12. The maximum atomic E-state index is 12.9. The van der Waals surface area contributed by atoms with Crippen LogP contribution in [-0.2, 0) is 16.4 Å². The van der Waals surface area contributed by atoms with Crippen LogP contribution in [0.15, 0.2) is 83.8 Å². The van der Waals surface area contributed by atoms with Crippen molar-refractivity contribution in [2.45, 2.75) is 18.2 Å². The topological polar surface area (TPSA) is 66.5 Å². The lowest BCUT2D eigenvalue weighted by molar-refractivity contribution is 0.0797. The minimum Gasteiger partial charge on any atom is -0.341 e. The highest BCUT2D eigenvalue weighted by molar-refractivity contribution is 7.92. The molecule has 3 aromatic rings. The molecule has 0 aliphatic carbocycles. The van der Waals surface area contributed by atoms with Gasteiger partial charge in [-0.1, -0.05) is 60.2 Å². The van der Waals surface area contributed by atoms with E-state index in [1.165, 1.54) is 0 Å². The summed E-state index contributed by atoms with van der Waals surface area (Å²) in [5.74, 6) is -0.233. The number of anilines is 1. The maximum Gasteiger partial charge on any atom is 0.261 e. The highest BCUT2D eigenvalue weighted by Crippen LogP contribution is 2.22. The molecule has 1 N–H and O–H groups in total. The molecule has 0 heterocycles. The zero-order valence-electron chi connectivity index (χ0n) is 16.5. The smallest absolute Gasteiger partial charge is 0.261 e. The van der Waals surface area contributed by atoms with Gasteiger partial charge in [-0.05, 0) is 43.2 Å². The Labute approximate surface area is 172 Å². The van der Waals surface area contributed by atoms with Gasteiger partial charge in [-0.2, -0.15) is 0 Å². The van der Waals surface area contributed by atoms with Gasteiger partial charge in [0.1, 0.15) is 0 Å². The molecule has 0 saturated carbocycles. The van der Waals surface area contributed by atoms with Crippen LogP contribution in [0.2, 0.25) is 0 Å². The van der Waals surface area contributed by atoms with E-state index in [9.17, 15) is 13.2 Å². The summed E-state index contributed by atoms with van der Waals surface area (Å²) in [5, 5.41) is 0. The number of aryl methyl sites for hydroxylation is 1. The van der Waals surface area contributed by atoms with Crippen molar-refractivity contribution >= 4 is 21.6 Å². The fourth-order valence-electron chi connectivity index (χ4n) is 2.93. The van der Waals surface area contributed by atoms with Gasteiger partial charge in [-0.3, -0.25) is 9.52 Å². The number of amides is 1. The average molecular weight is 409 g/mol. The van der Waals surface area contributed by atoms with Crippen molar-refractivity contribution in [1.82, 2.24) is 4.90 Å². The van der Waals surface area contributed by atoms with Crippen LogP contribution in [0.4, 0.5) is 5.69 Å². The second-order valence-electron chi connectivity index (χ2n) is 6.93. The number of nitrogens with zero attached hydrogens (tertiary/aromatic N) is 1. The summed E-state index contributed by atoms with van der Waals surface area (Å²) in [6.07, 6.45) is 0.723. The monoisotopic (exact) mass is 408 g/mol. The molecule has 3 aromatic carbocycles. The molecule has 150 valence electrons. The summed E-state index contributed by atoms with van der Waals surface area (Å²) < 4.78 is 28.0. The summed E-state index contributed by atoms with van der Waals surface area (Å²) in [7, 11) is -2.07. The Kier molecular flexibility index (Phi) is 6.34. The highest BCUT2D eigenvalue weighted by atomic mass is 32.2. The summed E-state index contributed by atoms with van der Waals surface area (Å²) in [6.45, 7) is 2.42. The molecule has 0 saturated heterocycles. The molecule has 0 spiro atoms. The Morgan fingerprint density at radius 1 is 0.897 bits per heavy atom. The first-order chi connectivity index (χ1) is 13.9. The second-order valence-corrected chi connectivity index (χ2v) is 8.61. The zero-order chi connectivity index (χ0) is 20.9. The number of benzene rings is 3. The average Bonchev–Trinajstić information content (AvgIpc) is 2.72. The Balaban J connectivity index is 1.77. The van der Waals surface area contributed by atoms with Gasteiger partial charge in [0.25, 0.3) is 15.9 Å². The van der Waals surface area contributed by atoms with Gasteiger partial charge in [-0.15, -0.1) is 0 Å². The van der Waals surface area contributed by atoms with Gasteiger partial charge < -0.3 is 4.90 Å². The minimum atomic E-state index is -3.79. The van der Waals surface area contributed by atoms with Crippen LogP contribution in [0.1, 0.15) is 21.5 Å². The molecule has 0 radical (unpaired) electrons. The summed E-state index contributed by atoms with van der Waals surface area (Å²) in [5.41, 5.74) is 2.70. The van der Waals surface area contributed by atoms with E-state index in [0.717, 1.165) is 17.5 Å². The highest BCUT2D eigenvalue weighted by Gasteiger charge is 2.20. The second kappa shape index (κ2) is 8.92. The van der Waals surface area contributed by atoms with E-state index in [1.54, 1.807) is 60.5 Å². The fourth-order valence-corrected chi connectivity index (χ4v) is 4.01. The largest absolute Gasteiger partial charge is 0.341 e. The van der Waals surface area contributed by atoms with E-state index in [1.807, 2.05) is 37.3 Å². The molecule has 6 heteroatoms. The molecule has 29 heavy (non-hydrogen) atoms. The molecular formula is C23H24N2O3S. The number of likely N-dealkylation sites (N-methyl/N-ethyl adjacent to an activating group) is 1. The van der Waals surface area contributed by atoms with Gasteiger partial charge >= 0.3 is 0 Å². The first kappa shape index (κ1) is 20.6. The Morgan fingerprint density at radius 3 is 2.21 bits per heavy atom. The number of hydrogen-bond acceptors (Lipinski definition) is 3. The molecule has 0 bridgehead atoms.